The number of hydrogen-bond acceptors (Lipinski definition) is 4. The maximum Gasteiger partial charge on any atom is 0.248 e. The van der Waals surface area contributed by atoms with Crippen LogP contribution in [0.3, 0.4) is 0 Å². The highest BCUT2D eigenvalue weighted by molar-refractivity contribution is 6.31. The number of nitrogens with one attached hydrogen (secondary N) is 1. The molecular weight excluding hydrogens is 330 g/mol. The molecule has 24 heavy (non-hydrogen) atoms. The maximum absolute atomic E-state index is 12.1. The first-order valence-electron chi connectivity index (χ1n) is 7.11. The lowest BCUT2D eigenvalue weighted by Gasteiger charge is -2.09. The molecule has 1 amide bonds. The highest BCUT2D eigenvalue weighted by Crippen LogP contribution is 2.28. The molecule has 0 saturated carbocycles. The van der Waals surface area contributed by atoms with E-state index in [0.717, 1.165) is 5.56 Å². The van der Waals surface area contributed by atoms with Crippen LogP contribution in [0.2, 0.25) is 5.02 Å². The molecule has 126 valence electrons. The summed E-state index contributed by atoms with van der Waals surface area (Å²) in [7, 11) is 4.66. The Labute approximate surface area is 145 Å². The fourth-order valence-corrected chi connectivity index (χ4v) is 2.22. The average Bonchev–Trinajstić information content (AvgIpc) is 2.59. The van der Waals surface area contributed by atoms with Gasteiger partial charge in [0, 0.05) is 17.2 Å². The fourth-order valence-electron chi connectivity index (χ4n) is 2.05. The molecule has 2 aromatic carbocycles. The minimum Gasteiger partial charge on any atom is -0.497 e. The van der Waals surface area contributed by atoms with Gasteiger partial charge in [-0.15, -0.1) is 0 Å². The van der Waals surface area contributed by atoms with Crippen molar-refractivity contribution in [1.29, 1.82) is 0 Å². The number of ether oxygens (including phenoxy) is 3. The summed E-state index contributed by atoms with van der Waals surface area (Å²) >= 11 is 5.94. The van der Waals surface area contributed by atoms with Crippen molar-refractivity contribution in [1.82, 2.24) is 0 Å². The lowest BCUT2D eigenvalue weighted by atomic mass is 10.2. The molecule has 0 aliphatic carbocycles. The van der Waals surface area contributed by atoms with Gasteiger partial charge in [-0.25, -0.2) is 0 Å². The average molecular weight is 348 g/mol. The van der Waals surface area contributed by atoms with Gasteiger partial charge in [0.1, 0.15) is 17.2 Å². The first kappa shape index (κ1) is 17.7. The molecule has 0 bridgehead atoms. The molecule has 0 aromatic heterocycles. The molecule has 0 radical (unpaired) electrons. The summed E-state index contributed by atoms with van der Waals surface area (Å²) in [5.41, 5.74) is 1.28. The van der Waals surface area contributed by atoms with Crippen LogP contribution in [0.1, 0.15) is 5.56 Å². The van der Waals surface area contributed by atoms with Crippen molar-refractivity contribution in [3.05, 3.63) is 53.1 Å². The SMILES string of the molecule is COc1cc(/C=C/C(=O)Nc2cc(Cl)ccc2OC)cc(OC)c1. The van der Waals surface area contributed by atoms with Gasteiger partial charge in [-0.05, 0) is 42.0 Å². The molecule has 0 aliphatic heterocycles. The summed E-state index contributed by atoms with van der Waals surface area (Å²) in [4.78, 5) is 12.1. The first-order chi connectivity index (χ1) is 11.5. The van der Waals surface area contributed by atoms with Crippen LogP contribution in [0.25, 0.3) is 6.08 Å². The third-order valence-corrected chi connectivity index (χ3v) is 3.46. The molecule has 6 heteroatoms. The smallest absolute Gasteiger partial charge is 0.248 e. The van der Waals surface area contributed by atoms with Crippen LogP contribution >= 0.6 is 11.6 Å². The Morgan fingerprint density at radius 1 is 1.00 bits per heavy atom. The lowest BCUT2D eigenvalue weighted by Crippen LogP contribution is -2.08. The van der Waals surface area contributed by atoms with Gasteiger partial charge in [-0.1, -0.05) is 11.6 Å². The van der Waals surface area contributed by atoms with Crippen molar-refractivity contribution in [3.8, 4) is 17.2 Å². The van der Waals surface area contributed by atoms with E-state index in [9.17, 15) is 4.79 Å². The number of halogens is 1. The zero-order valence-electron chi connectivity index (χ0n) is 13.6. The molecule has 0 spiro atoms. The van der Waals surface area contributed by atoms with Crippen molar-refractivity contribution >= 4 is 29.3 Å². The summed E-state index contributed by atoms with van der Waals surface area (Å²) in [6, 6.07) is 10.4. The van der Waals surface area contributed by atoms with E-state index in [4.69, 9.17) is 25.8 Å². The Morgan fingerprint density at radius 2 is 1.67 bits per heavy atom. The standard InChI is InChI=1S/C18H18ClNO4/c1-22-14-8-12(9-15(11-14)23-2)4-7-18(21)20-16-10-13(19)5-6-17(16)24-3/h4-11H,1-3H3,(H,20,21)/b7-4+. The van der Waals surface area contributed by atoms with Gasteiger partial charge in [-0.3, -0.25) is 4.79 Å². The number of methoxy groups -OCH3 is 3. The van der Waals surface area contributed by atoms with Crippen molar-refractivity contribution in [2.45, 2.75) is 0 Å². The number of carbonyl (C=O) groups excluding carboxylic acids is 1. The van der Waals surface area contributed by atoms with Gasteiger partial charge >= 0.3 is 0 Å². The molecular formula is C18H18ClNO4. The molecule has 0 aliphatic rings. The van der Waals surface area contributed by atoms with Gasteiger partial charge < -0.3 is 19.5 Å². The molecule has 1 N–H and O–H groups in total. The normalized spacial score (nSPS) is 10.5. The van der Waals surface area contributed by atoms with Crippen LogP contribution in [0.5, 0.6) is 17.2 Å². The Kier molecular flexibility index (Phi) is 6.09. The summed E-state index contributed by atoms with van der Waals surface area (Å²) in [6.45, 7) is 0. The van der Waals surface area contributed by atoms with Crippen LogP contribution in [0.4, 0.5) is 5.69 Å². The van der Waals surface area contributed by atoms with Gasteiger partial charge in [-0.2, -0.15) is 0 Å². The highest BCUT2D eigenvalue weighted by atomic mass is 35.5. The van der Waals surface area contributed by atoms with Gasteiger partial charge in [0.15, 0.2) is 0 Å². The number of hydrogen-bond donors (Lipinski definition) is 1. The first-order valence-corrected chi connectivity index (χ1v) is 7.49. The molecule has 5 nitrogen and oxygen atoms in total. The molecule has 2 aromatic rings. The zero-order chi connectivity index (χ0) is 17.5. The van der Waals surface area contributed by atoms with Crippen molar-refractivity contribution in [2.75, 3.05) is 26.6 Å². The largest absolute Gasteiger partial charge is 0.497 e. The quantitative estimate of drug-likeness (QED) is 0.802. The molecule has 0 fully saturated rings. The number of anilines is 1. The van der Waals surface area contributed by atoms with E-state index in [-0.39, 0.29) is 5.91 Å². The van der Waals surface area contributed by atoms with Crippen molar-refractivity contribution in [3.63, 3.8) is 0 Å². The minimum atomic E-state index is -0.308. The van der Waals surface area contributed by atoms with Crippen molar-refractivity contribution < 1.29 is 19.0 Å². The monoisotopic (exact) mass is 347 g/mol. The summed E-state index contributed by atoms with van der Waals surface area (Å²) in [6.07, 6.45) is 3.08. The van der Waals surface area contributed by atoms with E-state index in [2.05, 4.69) is 5.32 Å². The highest BCUT2D eigenvalue weighted by Gasteiger charge is 2.06. The molecule has 0 heterocycles. The third kappa shape index (κ3) is 4.67. The predicted octanol–water partition coefficient (Wildman–Crippen LogP) is 4.02. The van der Waals surface area contributed by atoms with E-state index >= 15 is 0 Å². The lowest BCUT2D eigenvalue weighted by molar-refractivity contribution is -0.111. The molecule has 0 atom stereocenters. The third-order valence-electron chi connectivity index (χ3n) is 3.22. The van der Waals surface area contributed by atoms with Crippen LogP contribution in [-0.2, 0) is 4.79 Å². The van der Waals surface area contributed by atoms with Crippen LogP contribution in [0.15, 0.2) is 42.5 Å². The number of rotatable bonds is 6. The maximum atomic E-state index is 12.1. The van der Waals surface area contributed by atoms with E-state index in [1.54, 1.807) is 56.7 Å². The van der Waals surface area contributed by atoms with Gasteiger partial charge in [0.05, 0.1) is 27.0 Å². The van der Waals surface area contributed by atoms with Crippen LogP contribution in [-0.4, -0.2) is 27.2 Å². The second kappa shape index (κ2) is 8.26. The molecule has 2 rings (SSSR count). The summed E-state index contributed by atoms with van der Waals surface area (Å²) in [5.74, 6) is 1.51. The van der Waals surface area contributed by atoms with Gasteiger partial charge in [0.25, 0.3) is 0 Å². The second-order valence-electron chi connectivity index (χ2n) is 4.81. The van der Waals surface area contributed by atoms with E-state index in [1.807, 2.05) is 0 Å². The number of benzene rings is 2. The van der Waals surface area contributed by atoms with E-state index in [1.165, 1.54) is 13.2 Å². The van der Waals surface area contributed by atoms with Crippen molar-refractivity contribution in [2.24, 2.45) is 0 Å². The molecule has 0 saturated heterocycles. The Hall–Kier alpha value is -2.66. The Bertz CT molecular complexity index is 736. The Balaban J connectivity index is 2.15. The topological polar surface area (TPSA) is 56.8 Å². The minimum absolute atomic E-state index is 0.308. The van der Waals surface area contributed by atoms with Gasteiger partial charge in [0.2, 0.25) is 5.91 Å². The number of amides is 1. The van der Waals surface area contributed by atoms with Crippen LogP contribution in [0, 0.1) is 0 Å². The fraction of sp³-hybridized carbons (Fsp3) is 0.167. The molecule has 0 unspecified atom stereocenters. The van der Waals surface area contributed by atoms with E-state index in [0.29, 0.717) is 28.0 Å². The summed E-state index contributed by atoms with van der Waals surface area (Å²) < 4.78 is 15.6. The second-order valence-corrected chi connectivity index (χ2v) is 5.25. The number of carbonyl (C=O) groups is 1. The predicted molar refractivity (Wildman–Crippen MR) is 95.2 cm³/mol. The summed E-state index contributed by atoms with van der Waals surface area (Å²) in [5, 5.41) is 3.24. The Morgan fingerprint density at radius 3 is 2.25 bits per heavy atom. The van der Waals surface area contributed by atoms with Crippen LogP contribution < -0.4 is 19.5 Å². The zero-order valence-corrected chi connectivity index (χ0v) is 14.4. The van der Waals surface area contributed by atoms with E-state index < -0.39 is 0 Å².